The van der Waals surface area contributed by atoms with E-state index in [1.54, 1.807) is 39.5 Å². The van der Waals surface area contributed by atoms with Gasteiger partial charge in [0.15, 0.2) is 23.2 Å². The number of methoxy groups -OCH3 is 2. The number of anilines is 1. The molecule has 0 bridgehead atoms. The summed E-state index contributed by atoms with van der Waals surface area (Å²) in [6.07, 6.45) is 0. The summed E-state index contributed by atoms with van der Waals surface area (Å²) in [7, 11) is 4.80. The largest absolute Gasteiger partial charge is 0.493 e. The monoisotopic (exact) mass is 460 g/mol. The SMILES string of the molecule is CN=C(NCc1ccc(C(N)=O)o1)Nc1ccc(OC)c(OC)c1.I. The molecule has 0 unspecified atom stereocenters. The number of halogens is 1. The first-order chi connectivity index (χ1) is 11.6. The maximum absolute atomic E-state index is 11.0. The number of ether oxygens (including phenoxy) is 2. The van der Waals surface area contributed by atoms with Gasteiger partial charge in [0.25, 0.3) is 5.91 Å². The summed E-state index contributed by atoms with van der Waals surface area (Å²) in [5, 5.41) is 6.20. The van der Waals surface area contributed by atoms with Crippen LogP contribution in [0.1, 0.15) is 16.3 Å². The molecule has 0 atom stereocenters. The molecule has 2 rings (SSSR count). The molecule has 136 valence electrons. The Bertz CT molecular complexity index is 745. The summed E-state index contributed by atoms with van der Waals surface area (Å²) < 4.78 is 15.8. The molecular weight excluding hydrogens is 439 g/mol. The number of benzene rings is 1. The average molecular weight is 460 g/mol. The summed E-state index contributed by atoms with van der Waals surface area (Å²) in [6, 6.07) is 8.64. The van der Waals surface area contributed by atoms with Crippen LogP contribution in [0.3, 0.4) is 0 Å². The van der Waals surface area contributed by atoms with Gasteiger partial charge in [0, 0.05) is 18.8 Å². The third kappa shape index (κ3) is 5.55. The van der Waals surface area contributed by atoms with Gasteiger partial charge in [0.05, 0.1) is 20.8 Å². The molecule has 1 heterocycles. The first-order valence-corrected chi connectivity index (χ1v) is 7.15. The lowest BCUT2D eigenvalue weighted by atomic mass is 10.3. The van der Waals surface area contributed by atoms with Gasteiger partial charge < -0.3 is 30.3 Å². The van der Waals surface area contributed by atoms with E-state index in [0.717, 1.165) is 5.69 Å². The number of primary amides is 1. The predicted molar refractivity (Wildman–Crippen MR) is 106 cm³/mol. The second-order valence-electron chi connectivity index (χ2n) is 4.75. The van der Waals surface area contributed by atoms with E-state index in [1.165, 1.54) is 6.07 Å². The molecule has 25 heavy (non-hydrogen) atoms. The van der Waals surface area contributed by atoms with Crippen LogP contribution in [0.4, 0.5) is 5.69 Å². The molecule has 9 heteroatoms. The quantitative estimate of drug-likeness (QED) is 0.346. The molecule has 8 nitrogen and oxygen atoms in total. The lowest BCUT2D eigenvalue weighted by Gasteiger charge is -2.13. The Morgan fingerprint density at radius 1 is 1.20 bits per heavy atom. The summed E-state index contributed by atoms with van der Waals surface area (Å²) >= 11 is 0. The van der Waals surface area contributed by atoms with Gasteiger partial charge in [-0.25, -0.2) is 0 Å². The van der Waals surface area contributed by atoms with Crippen molar-refractivity contribution >= 4 is 41.5 Å². The number of amides is 1. The Labute approximate surface area is 162 Å². The van der Waals surface area contributed by atoms with Gasteiger partial charge in [-0.05, 0) is 24.3 Å². The van der Waals surface area contributed by atoms with Gasteiger partial charge in [-0.1, -0.05) is 0 Å². The van der Waals surface area contributed by atoms with Crippen LogP contribution < -0.4 is 25.8 Å². The molecule has 2 aromatic rings. The van der Waals surface area contributed by atoms with Gasteiger partial charge in [0.2, 0.25) is 0 Å². The number of furan rings is 1. The van der Waals surface area contributed by atoms with Gasteiger partial charge in [-0.2, -0.15) is 0 Å². The first kappa shape index (κ1) is 20.6. The van der Waals surface area contributed by atoms with Crippen molar-refractivity contribution in [1.29, 1.82) is 0 Å². The number of nitrogens with one attached hydrogen (secondary N) is 2. The fourth-order valence-electron chi connectivity index (χ4n) is 2.01. The molecule has 0 radical (unpaired) electrons. The summed E-state index contributed by atoms with van der Waals surface area (Å²) in [5.74, 6) is 1.86. The van der Waals surface area contributed by atoms with E-state index in [-0.39, 0.29) is 29.7 Å². The van der Waals surface area contributed by atoms with Crippen LogP contribution >= 0.6 is 24.0 Å². The van der Waals surface area contributed by atoms with Gasteiger partial charge in [-0.15, -0.1) is 24.0 Å². The minimum absolute atomic E-state index is 0. The molecule has 1 amide bonds. The van der Waals surface area contributed by atoms with E-state index in [0.29, 0.717) is 29.8 Å². The molecule has 0 saturated carbocycles. The van der Waals surface area contributed by atoms with Crippen molar-refractivity contribution < 1.29 is 18.7 Å². The maximum atomic E-state index is 11.0. The van der Waals surface area contributed by atoms with Crippen molar-refractivity contribution in [1.82, 2.24) is 5.32 Å². The standard InChI is InChI=1S/C16H20N4O4.HI/c1-18-16(19-9-11-5-7-13(24-11)15(17)21)20-10-4-6-12(22-2)14(8-10)23-3;/h4-8H,9H2,1-3H3,(H2,17,21)(H2,18,19,20);1H. The van der Waals surface area contributed by atoms with Crippen molar-refractivity contribution in [2.75, 3.05) is 26.6 Å². The number of guanidine groups is 1. The van der Waals surface area contributed by atoms with Gasteiger partial charge in [0.1, 0.15) is 5.76 Å². The van der Waals surface area contributed by atoms with Crippen LogP contribution in [0.2, 0.25) is 0 Å². The highest BCUT2D eigenvalue weighted by Gasteiger charge is 2.09. The number of carbonyl (C=O) groups excluding carboxylic acids is 1. The van der Waals surface area contributed by atoms with E-state index in [9.17, 15) is 4.79 Å². The molecule has 0 aliphatic rings. The average Bonchev–Trinajstić information content (AvgIpc) is 3.07. The van der Waals surface area contributed by atoms with Crippen LogP contribution in [-0.4, -0.2) is 33.1 Å². The topological polar surface area (TPSA) is 111 Å². The van der Waals surface area contributed by atoms with Crippen molar-refractivity contribution in [2.45, 2.75) is 6.54 Å². The van der Waals surface area contributed by atoms with Gasteiger partial charge in [-0.3, -0.25) is 9.79 Å². The molecule has 4 N–H and O–H groups in total. The van der Waals surface area contributed by atoms with E-state index in [4.69, 9.17) is 19.6 Å². The fourth-order valence-corrected chi connectivity index (χ4v) is 2.01. The third-order valence-electron chi connectivity index (χ3n) is 3.20. The smallest absolute Gasteiger partial charge is 0.284 e. The Balaban J connectivity index is 0.00000312. The third-order valence-corrected chi connectivity index (χ3v) is 3.20. The van der Waals surface area contributed by atoms with E-state index in [1.807, 2.05) is 6.07 Å². The van der Waals surface area contributed by atoms with Crippen LogP contribution in [0.25, 0.3) is 0 Å². The Kier molecular flexibility index (Phi) is 8.05. The van der Waals surface area contributed by atoms with E-state index in [2.05, 4.69) is 15.6 Å². The zero-order chi connectivity index (χ0) is 17.5. The number of nitrogens with two attached hydrogens (primary N) is 1. The van der Waals surface area contributed by atoms with Crippen LogP contribution in [0, 0.1) is 0 Å². The summed E-state index contributed by atoms with van der Waals surface area (Å²) in [6.45, 7) is 0.347. The highest BCUT2D eigenvalue weighted by atomic mass is 127. The Morgan fingerprint density at radius 3 is 2.48 bits per heavy atom. The first-order valence-electron chi connectivity index (χ1n) is 7.15. The summed E-state index contributed by atoms with van der Waals surface area (Å²) in [5.41, 5.74) is 5.93. The highest BCUT2D eigenvalue weighted by molar-refractivity contribution is 14.0. The van der Waals surface area contributed by atoms with Crippen molar-refractivity contribution in [3.63, 3.8) is 0 Å². The number of rotatable bonds is 6. The molecule has 0 aliphatic carbocycles. The van der Waals surface area contributed by atoms with Crippen molar-refractivity contribution in [2.24, 2.45) is 10.7 Å². The van der Waals surface area contributed by atoms with E-state index >= 15 is 0 Å². The molecule has 0 saturated heterocycles. The minimum Gasteiger partial charge on any atom is -0.493 e. The number of nitrogens with zero attached hydrogens (tertiary/aromatic N) is 1. The lowest BCUT2D eigenvalue weighted by Crippen LogP contribution is -2.30. The zero-order valence-electron chi connectivity index (χ0n) is 14.2. The number of hydrogen-bond acceptors (Lipinski definition) is 5. The summed E-state index contributed by atoms with van der Waals surface area (Å²) in [4.78, 5) is 15.1. The molecule has 0 spiro atoms. The van der Waals surface area contributed by atoms with Crippen LogP contribution in [0.15, 0.2) is 39.7 Å². The zero-order valence-corrected chi connectivity index (χ0v) is 16.5. The Hall–Kier alpha value is -2.43. The second kappa shape index (κ2) is 9.77. The number of hydrogen-bond donors (Lipinski definition) is 3. The van der Waals surface area contributed by atoms with Gasteiger partial charge >= 0.3 is 0 Å². The second-order valence-corrected chi connectivity index (χ2v) is 4.75. The molecule has 0 aliphatic heterocycles. The minimum atomic E-state index is -0.603. The predicted octanol–water partition coefficient (Wildman–Crippen LogP) is 2.20. The molecule has 0 fully saturated rings. The Morgan fingerprint density at radius 2 is 1.92 bits per heavy atom. The lowest BCUT2D eigenvalue weighted by molar-refractivity contribution is 0.0972. The van der Waals surface area contributed by atoms with Crippen molar-refractivity contribution in [3.8, 4) is 11.5 Å². The van der Waals surface area contributed by atoms with Crippen molar-refractivity contribution in [3.05, 3.63) is 41.9 Å². The number of aliphatic imine (C=N–C) groups is 1. The van der Waals surface area contributed by atoms with Crippen LogP contribution in [-0.2, 0) is 6.54 Å². The maximum Gasteiger partial charge on any atom is 0.284 e. The molecular formula is C16H21IN4O4. The van der Waals surface area contributed by atoms with Crippen LogP contribution in [0.5, 0.6) is 11.5 Å². The molecule has 1 aromatic carbocycles. The molecule has 1 aromatic heterocycles. The van der Waals surface area contributed by atoms with E-state index < -0.39 is 5.91 Å². The fraction of sp³-hybridized carbons (Fsp3) is 0.250. The highest BCUT2D eigenvalue weighted by Crippen LogP contribution is 2.29. The normalized spacial score (nSPS) is 10.6. The number of carbonyl (C=O) groups is 1.